The van der Waals surface area contributed by atoms with Crippen molar-refractivity contribution < 1.29 is 22.8 Å². The van der Waals surface area contributed by atoms with E-state index in [1.54, 1.807) is 6.92 Å². The van der Waals surface area contributed by atoms with Crippen LogP contribution in [0.15, 0.2) is 18.2 Å². The molecule has 1 aromatic carbocycles. The van der Waals surface area contributed by atoms with E-state index in [0.29, 0.717) is 6.42 Å². The highest BCUT2D eigenvalue weighted by Gasteiger charge is 2.31. The first-order chi connectivity index (χ1) is 10.6. The fourth-order valence-electron chi connectivity index (χ4n) is 1.92. The molecule has 0 unspecified atom stereocenters. The van der Waals surface area contributed by atoms with Crippen LogP contribution in [0.25, 0.3) is 0 Å². The van der Waals surface area contributed by atoms with Gasteiger partial charge in [-0.2, -0.15) is 13.2 Å². The summed E-state index contributed by atoms with van der Waals surface area (Å²) in [4.78, 5) is 22.9. The number of hydrogen-bond donors (Lipinski definition) is 4. The van der Waals surface area contributed by atoms with Crippen molar-refractivity contribution in [3.05, 3.63) is 29.3 Å². The number of nitrogens with two attached hydrogens (primary N) is 2. The number of halogens is 3. The Morgan fingerprint density at radius 1 is 1.22 bits per heavy atom. The van der Waals surface area contributed by atoms with Gasteiger partial charge in [0.05, 0.1) is 11.6 Å². The van der Waals surface area contributed by atoms with E-state index < -0.39 is 29.6 Å². The van der Waals surface area contributed by atoms with Gasteiger partial charge in [-0.3, -0.25) is 9.59 Å². The Bertz CT molecular complexity index is 576. The molecule has 0 saturated heterocycles. The van der Waals surface area contributed by atoms with Crippen molar-refractivity contribution in [3.8, 4) is 0 Å². The zero-order valence-electron chi connectivity index (χ0n) is 12.5. The van der Waals surface area contributed by atoms with E-state index in [1.165, 1.54) is 0 Å². The highest BCUT2D eigenvalue weighted by Crippen LogP contribution is 2.31. The van der Waals surface area contributed by atoms with Gasteiger partial charge >= 0.3 is 6.18 Å². The van der Waals surface area contributed by atoms with Crippen molar-refractivity contribution in [1.82, 2.24) is 10.6 Å². The van der Waals surface area contributed by atoms with Crippen LogP contribution in [0.3, 0.4) is 0 Å². The highest BCUT2D eigenvalue weighted by atomic mass is 19.4. The largest absolute Gasteiger partial charge is 0.416 e. The van der Waals surface area contributed by atoms with Crippen LogP contribution < -0.4 is 22.1 Å². The minimum absolute atomic E-state index is 0.124. The molecule has 0 aliphatic heterocycles. The predicted molar refractivity (Wildman–Crippen MR) is 79.5 cm³/mol. The molecular weight excluding hydrogens is 313 g/mol. The minimum Gasteiger partial charge on any atom is -0.399 e. The SMILES string of the molecule is CC[C@@H](NCCNC(=O)c1cc(N)cc(C(F)(F)F)c1)C(N)=O. The fraction of sp³-hybridized carbons (Fsp3) is 0.429. The van der Waals surface area contributed by atoms with Crippen LogP contribution in [0.1, 0.15) is 29.3 Å². The normalized spacial score (nSPS) is 12.7. The van der Waals surface area contributed by atoms with Crippen molar-refractivity contribution in [2.45, 2.75) is 25.6 Å². The summed E-state index contributed by atoms with van der Waals surface area (Å²) in [5.41, 5.74) is 9.22. The number of amides is 2. The van der Waals surface area contributed by atoms with Crippen molar-refractivity contribution in [2.24, 2.45) is 5.73 Å². The lowest BCUT2D eigenvalue weighted by Crippen LogP contribution is -2.44. The Labute approximate surface area is 131 Å². The number of carbonyl (C=O) groups excluding carboxylic acids is 2. The number of anilines is 1. The van der Waals surface area contributed by atoms with Gasteiger partial charge in [-0.1, -0.05) is 6.92 Å². The Balaban J connectivity index is 2.62. The van der Waals surface area contributed by atoms with Gasteiger partial charge in [-0.15, -0.1) is 0 Å². The number of nitrogen functional groups attached to an aromatic ring is 1. The van der Waals surface area contributed by atoms with Crippen LogP contribution in [0, 0.1) is 0 Å². The molecule has 0 aliphatic rings. The zero-order valence-corrected chi connectivity index (χ0v) is 12.5. The summed E-state index contributed by atoms with van der Waals surface area (Å²) in [6.07, 6.45) is -4.09. The number of alkyl halides is 3. The van der Waals surface area contributed by atoms with E-state index in [1.807, 2.05) is 0 Å². The molecule has 0 aliphatic carbocycles. The monoisotopic (exact) mass is 332 g/mol. The van der Waals surface area contributed by atoms with Crippen LogP contribution >= 0.6 is 0 Å². The van der Waals surface area contributed by atoms with Gasteiger partial charge < -0.3 is 22.1 Å². The third kappa shape index (κ3) is 5.78. The molecule has 0 saturated carbocycles. The molecule has 0 spiro atoms. The van der Waals surface area contributed by atoms with Gasteiger partial charge in [-0.05, 0) is 24.6 Å². The first-order valence-electron chi connectivity index (χ1n) is 6.93. The molecule has 128 valence electrons. The second-order valence-electron chi connectivity index (χ2n) is 4.91. The lowest BCUT2D eigenvalue weighted by atomic mass is 10.1. The number of nitrogens with one attached hydrogen (secondary N) is 2. The van der Waals surface area contributed by atoms with Crippen molar-refractivity contribution >= 4 is 17.5 Å². The van der Waals surface area contributed by atoms with Crippen LogP contribution in [0.5, 0.6) is 0 Å². The third-order valence-electron chi connectivity index (χ3n) is 3.10. The van der Waals surface area contributed by atoms with Gasteiger partial charge in [0.1, 0.15) is 0 Å². The second kappa shape index (κ2) is 7.82. The lowest BCUT2D eigenvalue weighted by molar-refractivity contribution is -0.137. The smallest absolute Gasteiger partial charge is 0.399 e. The van der Waals surface area contributed by atoms with E-state index in [-0.39, 0.29) is 24.3 Å². The van der Waals surface area contributed by atoms with E-state index in [0.717, 1.165) is 18.2 Å². The van der Waals surface area contributed by atoms with Gasteiger partial charge in [0.15, 0.2) is 0 Å². The summed E-state index contributed by atoms with van der Waals surface area (Å²) in [7, 11) is 0. The minimum atomic E-state index is -4.58. The molecule has 1 atom stereocenters. The van der Waals surface area contributed by atoms with E-state index in [9.17, 15) is 22.8 Å². The summed E-state index contributed by atoms with van der Waals surface area (Å²) in [5.74, 6) is -1.19. The number of hydrogen-bond acceptors (Lipinski definition) is 4. The van der Waals surface area contributed by atoms with E-state index in [4.69, 9.17) is 11.5 Å². The highest BCUT2D eigenvalue weighted by molar-refractivity contribution is 5.95. The number of rotatable bonds is 7. The zero-order chi connectivity index (χ0) is 17.6. The second-order valence-corrected chi connectivity index (χ2v) is 4.91. The number of benzene rings is 1. The van der Waals surface area contributed by atoms with Gasteiger partial charge in [0.2, 0.25) is 5.91 Å². The molecule has 23 heavy (non-hydrogen) atoms. The third-order valence-corrected chi connectivity index (χ3v) is 3.10. The molecule has 1 aromatic rings. The molecule has 6 N–H and O–H groups in total. The van der Waals surface area contributed by atoms with Gasteiger partial charge in [0.25, 0.3) is 5.91 Å². The molecule has 1 rings (SSSR count). The molecule has 0 bridgehead atoms. The average Bonchev–Trinajstić information content (AvgIpc) is 2.45. The first kappa shape index (κ1) is 18.8. The summed E-state index contributed by atoms with van der Waals surface area (Å²) in [6.45, 7) is 2.15. The summed E-state index contributed by atoms with van der Waals surface area (Å²) in [6, 6.07) is 2.14. The van der Waals surface area contributed by atoms with Crippen LogP contribution in [-0.2, 0) is 11.0 Å². The number of carbonyl (C=O) groups is 2. The predicted octanol–water partition coefficient (Wildman–Crippen LogP) is 0.871. The molecular formula is C14H19F3N4O2. The van der Waals surface area contributed by atoms with Crippen LogP contribution in [0.4, 0.5) is 18.9 Å². The van der Waals surface area contributed by atoms with Crippen molar-refractivity contribution in [2.75, 3.05) is 18.8 Å². The maximum Gasteiger partial charge on any atom is 0.416 e. The van der Waals surface area contributed by atoms with Crippen molar-refractivity contribution in [3.63, 3.8) is 0 Å². The van der Waals surface area contributed by atoms with Gasteiger partial charge in [0, 0.05) is 24.3 Å². The standard InChI is InChI=1S/C14H19F3N4O2/c1-2-11(12(19)22)20-3-4-21-13(23)8-5-9(14(15,16)17)7-10(18)6-8/h5-7,11,20H,2-4,18H2,1H3,(H2,19,22)(H,21,23)/t11-/m1/s1. The molecule has 0 fully saturated rings. The van der Waals surface area contributed by atoms with Crippen LogP contribution in [-0.4, -0.2) is 30.9 Å². The Hall–Kier alpha value is -2.29. The molecule has 2 amide bonds. The summed E-state index contributed by atoms with van der Waals surface area (Å²) < 4.78 is 38.0. The molecule has 0 aromatic heterocycles. The molecule has 0 heterocycles. The Kier molecular flexibility index (Phi) is 6.38. The first-order valence-corrected chi connectivity index (χ1v) is 6.93. The molecule has 0 radical (unpaired) electrons. The molecule has 9 heteroatoms. The summed E-state index contributed by atoms with van der Waals surface area (Å²) >= 11 is 0. The average molecular weight is 332 g/mol. The summed E-state index contributed by atoms with van der Waals surface area (Å²) in [5, 5.41) is 5.28. The lowest BCUT2D eigenvalue weighted by Gasteiger charge is -2.14. The van der Waals surface area contributed by atoms with Crippen LogP contribution in [0.2, 0.25) is 0 Å². The Morgan fingerprint density at radius 3 is 2.39 bits per heavy atom. The van der Waals surface area contributed by atoms with E-state index >= 15 is 0 Å². The van der Waals surface area contributed by atoms with Gasteiger partial charge in [-0.25, -0.2) is 0 Å². The van der Waals surface area contributed by atoms with E-state index in [2.05, 4.69) is 10.6 Å². The number of primary amides is 1. The maximum absolute atomic E-state index is 12.7. The maximum atomic E-state index is 12.7. The van der Waals surface area contributed by atoms with Crippen molar-refractivity contribution in [1.29, 1.82) is 0 Å². The fourth-order valence-corrected chi connectivity index (χ4v) is 1.92. The topological polar surface area (TPSA) is 110 Å². The molecule has 6 nitrogen and oxygen atoms in total. The Morgan fingerprint density at radius 2 is 1.87 bits per heavy atom. The quantitative estimate of drug-likeness (QED) is 0.439.